The molecule has 4 nitrogen and oxygen atoms in total. The summed E-state index contributed by atoms with van der Waals surface area (Å²) >= 11 is 0. The summed E-state index contributed by atoms with van der Waals surface area (Å²) in [5, 5.41) is 4.75. The van der Waals surface area contributed by atoms with Gasteiger partial charge >= 0.3 is 0 Å². The number of aromatic nitrogens is 1. The lowest BCUT2D eigenvalue weighted by atomic mass is 10.3. The highest BCUT2D eigenvalue weighted by Gasteiger charge is 2.07. The molecule has 1 aromatic heterocycles. The minimum Gasteiger partial charge on any atom is -0.243 e. The number of hydrogen-bond acceptors (Lipinski definition) is 3. The van der Waals surface area contributed by atoms with Crippen LogP contribution in [0.1, 0.15) is 13.0 Å². The molecule has 12 heavy (non-hydrogen) atoms. The van der Waals surface area contributed by atoms with Crippen molar-refractivity contribution in [1.82, 2.24) is 4.98 Å². The van der Waals surface area contributed by atoms with Crippen molar-refractivity contribution < 1.29 is 8.42 Å². The van der Waals surface area contributed by atoms with Gasteiger partial charge < -0.3 is 0 Å². The first-order valence-electron chi connectivity index (χ1n) is 2.95. The fourth-order valence-corrected chi connectivity index (χ4v) is 1.22. The van der Waals surface area contributed by atoms with Crippen molar-refractivity contribution in [3.63, 3.8) is 0 Å². The van der Waals surface area contributed by atoms with Gasteiger partial charge in [-0.15, -0.1) is 0 Å². The summed E-state index contributed by atoms with van der Waals surface area (Å²) in [6.45, 7) is 1.77. The quantitative estimate of drug-likeness (QED) is 0.704. The van der Waals surface area contributed by atoms with Gasteiger partial charge in [0.25, 0.3) is 10.0 Å². The molecule has 0 fully saturated rings. The van der Waals surface area contributed by atoms with Gasteiger partial charge in [0.15, 0.2) is 5.03 Å². The van der Waals surface area contributed by atoms with Crippen LogP contribution >= 0.6 is 0 Å². The van der Waals surface area contributed by atoms with Crippen molar-refractivity contribution >= 4 is 10.0 Å². The Labute approximate surface area is 72.5 Å². The highest BCUT2D eigenvalue weighted by Crippen LogP contribution is 2.03. The largest absolute Gasteiger partial charge is 0.255 e. The topological polar surface area (TPSA) is 73.0 Å². The lowest BCUT2D eigenvalue weighted by Gasteiger charge is -1.96. The first kappa shape index (κ1) is 11.1. The fourth-order valence-electron chi connectivity index (χ4n) is 0.664. The average molecular weight is 188 g/mol. The van der Waals surface area contributed by atoms with E-state index in [1.807, 2.05) is 0 Å². The standard InChI is InChI=1S/C6H8N2O2S.CH4/c1-5-2-3-8-6(4-5)11(7,9)10;/h2-4H,1H3,(H2,7,9,10);1H4. The van der Waals surface area contributed by atoms with Gasteiger partial charge in [0.2, 0.25) is 0 Å². The maximum atomic E-state index is 10.7. The Balaban J connectivity index is 0.00000121. The molecule has 68 valence electrons. The van der Waals surface area contributed by atoms with Crippen LogP contribution in [-0.4, -0.2) is 13.4 Å². The zero-order valence-electron chi connectivity index (χ0n) is 5.98. The summed E-state index contributed by atoms with van der Waals surface area (Å²) in [5.74, 6) is 0. The Morgan fingerprint density at radius 2 is 2.08 bits per heavy atom. The van der Waals surface area contributed by atoms with Crippen molar-refractivity contribution in [3.8, 4) is 0 Å². The molecule has 5 heteroatoms. The van der Waals surface area contributed by atoms with Crippen molar-refractivity contribution in [1.29, 1.82) is 0 Å². The van der Waals surface area contributed by atoms with Crippen LogP contribution in [-0.2, 0) is 10.0 Å². The van der Waals surface area contributed by atoms with Crippen LogP contribution in [0.3, 0.4) is 0 Å². The second kappa shape index (κ2) is 3.64. The first-order chi connectivity index (χ1) is 5.00. The highest BCUT2D eigenvalue weighted by atomic mass is 32.2. The Morgan fingerprint density at radius 1 is 1.50 bits per heavy atom. The molecule has 0 atom stereocenters. The third-order valence-corrected chi connectivity index (χ3v) is 1.99. The van der Waals surface area contributed by atoms with Gasteiger partial charge in [0.1, 0.15) is 0 Å². The van der Waals surface area contributed by atoms with Crippen molar-refractivity contribution in [2.45, 2.75) is 19.4 Å². The Bertz CT molecular complexity index is 359. The summed E-state index contributed by atoms with van der Waals surface area (Å²) in [4.78, 5) is 3.60. The third-order valence-electron chi connectivity index (χ3n) is 1.18. The molecule has 0 amide bonds. The van der Waals surface area contributed by atoms with Gasteiger partial charge in [-0.1, -0.05) is 7.43 Å². The molecule has 1 aromatic rings. The lowest BCUT2D eigenvalue weighted by molar-refractivity contribution is 0.594. The second-order valence-corrected chi connectivity index (χ2v) is 3.72. The number of hydrogen-bond donors (Lipinski definition) is 1. The molecule has 0 unspecified atom stereocenters. The minimum absolute atomic E-state index is 0. The van der Waals surface area contributed by atoms with Crippen LogP contribution in [0, 0.1) is 6.92 Å². The summed E-state index contributed by atoms with van der Waals surface area (Å²) < 4.78 is 21.4. The van der Waals surface area contributed by atoms with E-state index in [-0.39, 0.29) is 12.5 Å². The molecule has 0 aliphatic carbocycles. The van der Waals surface area contributed by atoms with E-state index in [1.165, 1.54) is 12.3 Å². The van der Waals surface area contributed by atoms with Crippen LogP contribution in [0.25, 0.3) is 0 Å². The van der Waals surface area contributed by atoms with Crippen molar-refractivity contribution in [2.75, 3.05) is 0 Å². The van der Waals surface area contributed by atoms with Crippen molar-refractivity contribution in [2.24, 2.45) is 5.14 Å². The molecular formula is C7H12N2O2S. The van der Waals surface area contributed by atoms with Crippen LogP contribution in [0.4, 0.5) is 0 Å². The van der Waals surface area contributed by atoms with Crippen LogP contribution in [0.2, 0.25) is 0 Å². The minimum atomic E-state index is -3.64. The number of nitrogens with zero attached hydrogens (tertiary/aromatic N) is 1. The summed E-state index contributed by atoms with van der Waals surface area (Å²) in [7, 11) is -3.64. The summed E-state index contributed by atoms with van der Waals surface area (Å²) in [5.41, 5.74) is 0.823. The molecule has 0 aliphatic heterocycles. The van der Waals surface area contributed by atoms with Gasteiger partial charge in [0.05, 0.1) is 0 Å². The zero-order valence-corrected chi connectivity index (χ0v) is 6.80. The van der Waals surface area contributed by atoms with E-state index in [4.69, 9.17) is 5.14 Å². The van der Waals surface area contributed by atoms with Gasteiger partial charge in [0, 0.05) is 6.20 Å². The number of pyridine rings is 1. The van der Waals surface area contributed by atoms with Crippen LogP contribution in [0.5, 0.6) is 0 Å². The molecule has 0 aliphatic rings. The van der Waals surface area contributed by atoms with Gasteiger partial charge in [-0.3, -0.25) is 0 Å². The molecule has 1 heterocycles. The smallest absolute Gasteiger partial charge is 0.243 e. The van der Waals surface area contributed by atoms with E-state index in [0.717, 1.165) is 5.56 Å². The highest BCUT2D eigenvalue weighted by molar-refractivity contribution is 7.89. The molecule has 0 radical (unpaired) electrons. The molecule has 2 N–H and O–H groups in total. The van der Waals surface area contributed by atoms with E-state index in [0.29, 0.717) is 0 Å². The van der Waals surface area contributed by atoms with Crippen molar-refractivity contribution in [3.05, 3.63) is 23.9 Å². The number of primary sulfonamides is 1. The molecule has 0 aromatic carbocycles. The fraction of sp³-hybridized carbons (Fsp3) is 0.286. The third kappa shape index (κ3) is 2.60. The maximum absolute atomic E-state index is 10.7. The normalized spacial score (nSPS) is 10.5. The van der Waals surface area contributed by atoms with E-state index in [1.54, 1.807) is 13.0 Å². The summed E-state index contributed by atoms with van der Waals surface area (Å²) in [6, 6.07) is 3.13. The monoisotopic (exact) mass is 188 g/mol. The SMILES string of the molecule is C.Cc1ccnc(S(N)(=O)=O)c1. The molecule has 1 rings (SSSR count). The van der Waals surface area contributed by atoms with E-state index in [2.05, 4.69) is 4.98 Å². The van der Waals surface area contributed by atoms with Gasteiger partial charge in [-0.25, -0.2) is 18.5 Å². The van der Waals surface area contributed by atoms with E-state index in [9.17, 15) is 8.42 Å². The lowest BCUT2D eigenvalue weighted by Crippen LogP contribution is -2.13. The molecule has 0 saturated heterocycles. The summed E-state index contributed by atoms with van der Waals surface area (Å²) in [6.07, 6.45) is 1.41. The first-order valence-corrected chi connectivity index (χ1v) is 4.50. The van der Waals surface area contributed by atoms with E-state index >= 15 is 0 Å². The molecule has 0 spiro atoms. The zero-order chi connectivity index (χ0) is 8.48. The molecule has 0 saturated carbocycles. The van der Waals surface area contributed by atoms with Gasteiger partial charge in [-0.2, -0.15) is 0 Å². The van der Waals surface area contributed by atoms with Gasteiger partial charge in [-0.05, 0) is 24.6 Å². The Morgan fingerprint density at radius 3 is 2.42 bits per heavy atom. The maximum Gasteiger partial charge on any atom is 0.255 e. The van der Waals surface area contributed by atoms with E-state index < -0.39 is 10.0 Å². The Hall–Kier alpha value is -0.940. The number of aryl methyl sites for hydroxylation is 1. The second-order valence-electron chi connectivity index (χ2n) is 2.22. The predicted molar refractivity (Wildman–Crippen MR) is 47.1 cm³/mol. The predicted octanol–water partition coefficient (Wildman–Crippen LogP) is 0.674. The van der Waals surface area contributed by atoms with Crippen LogP contribution in [0.15, 0.2) is 23.4 Å². The van der Waals surface area contributed by atoms with Crippen LogP contribution < -0.4 is 5.14 Å². The number of sulfonamides is 1. The average Bonchev–Trinajstić information content (AvgIpc) is 1.86. The number of nitrogens with two attached hydrogens (primary N) is 1. The molecule has 0 bridgehead atoms. The number of rotatable bonds is 1. The molecular weight excluding hydrogens is 176 g/mol. The Kier molecular flexibility index (Phi) is 3.36.